The second-order valence-corrected chi connectivity index (χ2v) is 8.87. The molecule has 2 aromatic rings. The molecule has 31 heavy (non-hydrogen) atoms. The van der Waals surface area contributed by atoms with Crippen molar-refractivity contribution in [1.82, 2.24) is 0 Å². The van der Waals surface area contributed by atoms with Crippen molar-refractivity contribution in [2.24, 2.45) is 0 Å². The molecule has 1 unspecified atom stereocenters. The van der Waals surface area contributed by atoms with Gasteiger partial charge in [-0.15, -0.1) is 0 Å². The van der Waals surface area contributed by atoms with E-state index < -0.39 is 10.4 Å². The maximum atomic E-state index is 10.1. The first kappa shape index (κ1) is 27.3. The molecule has 6 heteroatoms. The van der Waals surface area contributed by atoms with Crippen LogP contribution in [0.4, 0.5) is 0 Å². The Bertz CT molecular complexity index is 727. The van der Waals surface area contributed by atoms with Gasteiger partial charge >= 0.3 is 0 Å². The van der Waals surface area contributed by atoms with Crippen LogP contribution in [-0.2, 0) is 14.6 Å². The van der Waals surface area contributed by atoms with Crippen LogP contribution in [0.1, 0.15) is 89.7 Å². The monoisotopic (exact) mass is 449 g/mol. The van der Waals surface area contributed by atoms with E-state index in [0.29, 0.717) is 12.5 Å². The number of hydrogen-bond acceptors (Lipinski definition) is 4. The zero-order valence-corrected chi connectivity index (χ0v) is 19.9. The van der Waals surface area contributed by atoms with Crippen molar-refractivity contribution in [2.75, 3.05) is 6.61 Å². The number of unbranched alkanes of at least 4 members (excludes halogenated alkanes) is 9. The average molecular weight is 450 g/mol. The van der Waals surface area contributed by atoms with E-state index in [1.54, 1.807) is 0 Å². The minimum atomic E-state index is -4.48. The van der Waals surface area contributed by atoms with E-state index in [4.69, 9.17) is 0 Å². The summed E-state index contributed by atoms with van der Waals surface area (Å²) in [5, 5.41) is 0. The van der Waals surface area contributed by atoms with Crippen LogP contribution >= 0.6 is 0 Å². The molecular weight excluding hydrogens is 410 g/mol. The van der Waals surface area contributed by atoms with E-state index in [2.05, 4.69) is 71.4 Å². The van der Waals surface area contributed by atoms with Gasteiger partial charge in [-0.25, -0.2) is 8.42 Å². The normalized spacial score (nSPS) is 12.1. The molecule has 1 aromatic carbocycles. The third-order valence-corrected chi connectivity index (χ3v) is 5.65. The van der Waals surface area contributed by atoms with E-state index in [1.807, 2.05) is 12.1 Å². The maximum Gasteiger partial charge on any atom is 0.217 e. The molecule has 0 fully saturated rings. The van der Waals surface area contributed by atoms with E-state index in [1.165, 1.54) is 50.5 Å². The lowest BCUT2D eigenvalue weighted by Gasteiger charge is -2.06. The van der Waals surface area contributed by atoms with Gasteiger partial charge in [0.05, 0.1) is 6.61 Å². The molecule has 1 aromatic heterocycles. The fourth-order valence-corrected chi connectivity index (χ4v) is 3.65. The van der Waals surface area contributed by atoms with Gasteiger partial charge in [0.15, 0.2) is 18.4 Å². The first-order chi connectivity index (χ1) is 14.9. The summed E-state index contributed by atoms with van der Waals surface area (Å²) in [6.07, 6.45) is 15.9. The van der Waals surface area contributed by atoms with Crippen LogP contribution in [0.15, 0.2) is 60.9 Å². The van der Waals surface area contributed by atoms with Crippen molar-refractivity contribution in [3.63, 3.8) is 0 Å². The quantitative estimate of drug-likeness (QED) is 0.154. The van der Waals surface area contributed by atoms with Gasteiger partial charge in [-0.05, 0) is 6.42 Å². The Kier molecular flexibility index (Phi) is 14.8. The highest BCUT2D eigenvalue weighted by Gasteiger charge is 2.12. The van der Waals surface area contributed by atoms with Crippen LogP contribution in [0.25, 0.3) is 0 Å². The van der Waals surface area contributed by atoms with Gasteiger partial charge in [0.25, 0.3) is 0 Å². The second kappa shape index (κ2) is 16.9. The number of rotatable bonds is 14. The highest BCUT2D eigenvalue weighted by molar-refractivity contribution is 7.80. The molecule has 0 amide bonds. The van der Waals surface area contributed by atoms with Gasteiger partial charge < -0.3 is 4.55 Å². The van der Waals surface area contributed by atoms with E-state index in [-0.39, 0.29) is 6.61 Å². The molecule has 1 heterocycles. The summed E-state index contributed by atoms with van der Waals surface area (Å²) >= 11 is 0. The first-order valence-corrected chi connectivity index (χ1v) is 12.9. The fourth-order valence-electron chi connectivity index (χ4n) is 3.32. The molecule has 0 bridgehead atoms. The summed E-state index contributed by atoms with van der Waals surface area (Å²) in [6.45, 7) is 4.45. The maximum absolute atomic E-state index is 10.1. The smallest absolute Gasteiger partial charge is 0.217 e. The van der Waals surface area contributed by atoms with Gasteiger partial charge in [0.2, 0.25) is 10.4 Å². The summed E-state index contributed by atoms with van der Waals surface area (Å²) < 4.78 is 36.7. The SMILES string of the molecule is CC(c1ccccc1)[n+]1ccccc1.CCCCCCCCCCCCOS(=O)(=O)[O-]. The number of benzene rings is 1. The zero-order chi connectivity index (χ0) is 22.8. The summed E-state index contributed by atoms with van der Waals surface area (Å²) in [6, 6.07) is 17.1. The predicted molar refractivity (Wildman–Crippen MR) is 124 cm³/mol. The zero-order valence-electron chi connectivity index (χ0n) is 19.1. The summed E-state index contributed by atoms with van der Waals surface area (Å²) in [7, 11) is -4.48. The average Bonchev–Trinajstić information content (AvgIpc) is 2.78. The van der Waals surface area contributed by atoms with Crippen LogP contribution in [-0.4, -0.2) is 19.6 Å². The minimum Gasteiger partial charge on any atom is -0.726 e. The third kappa shape index (κ3) is 14.8. The fraction of sp³-hybridized carbons (Fsp3) is 0.560. The number of pyridine rings is 1. The van der Waals surface area contributed by atoms with Crippen molar-refractivity contribution in [3.8, 4) is 0 Å². The summed E-state index contributed by atoms with van der Waals surface area (Å²) in [4.78, 5) is 0. The van der Waals surface area contributed by atoms with Crippen LogP contribution in [0.5, 0.6) is 0 Å². The number of hydrogen-bond donors (Lipinski definition) is 0. The molecule has 5 nitrogen and oxygen atoms in total. The molecule has 0 aliphatic heterocycles. The molecule has 1 atom stereocenters. The van der Waals surface area contributed by atoms with Gasteiger partial charge in [-0.1, -0.05) is 101 Å². The lowest BCUT2D eigenvalue weighted by atomic mass is 10.1. The molecular formula is C25H39NO4S. The third-order valence-electron chi connectivity index (χ3n) is 5.19. The van der Waals surface area contributed by atoms with Crippen LogP contribution in [0, 0.1) is 0 Å². The Hall–Kier alpha value is -1.76. The van der Waals surface area contributed by atoms with Crippen LogP contribution < -0.4 is 4.57 Å². The molecule has 0 aliphatic rings. The molecule has 0 saturated heterocycles. The van der Waals surface area contributed by atoms with Crippen molar-refractivity contribution in [2.45, 2.75) is 84.1 Å². The number of aromatic nitrogens is 1. The van der Waals surface area contributed by atoms with Crippen LogP contribution in [0.3, 0.4) is 0 Å². The van der Waals surface area contributed by atoms with E-state index in [0.717, 1.165) is 12.8 Å². The van der Waals surface area contributed by atoms with Crippen molar-refractivity contribution in [3.05, 3.63) is 66.5 Å². The Morgan fingerprint density at radius 2 is 1.29 bits per heavy atom. The molecule has 2 rings (SSSR count). The van der Waals surface area contributed by atoms with Crippen LogP contribution in [0.2, 0.25) is 0 Å². The summed E-state index contributed by atoms with van der Waals surface area (Å²) in [5.41, 5.74) is 1.34. The molecule has 0 aliphatic carbocycles. The van der Waals surface area contributed by atoms with Crippen molar-refractivity contribution in [1.29, 1.82) is 0 Å². The van der Waals surface area contributed by atoms with Crippen molar-refractivity contribution < 1.29 is 21.7 Å². The molecule has 0 saturated carbocycles. The van der Waals surface area contributed by atoms with E-state index >= 15 is 0 Å². The topological polar surface area (TPSA) is 70.3 Å². The Morgan fingerprint density at radius 3 is 1.81 bits per heavy atom. The lowest BCUT2D eigenvalue weighted by Crippen LogP contribution is -2.37. The Labute approximate surface area is 189 Å². The van der Waals surface area contributed by atoms with E-state index in [9.17, 15) is 13.0 Å². The number of nitrogens with zero attached hydrogens (tertiary/aromatic N) is 1. The lowest BCUT2D eigenvalue weighted by molar-refractivity contribution is -0.710. The first-order valence-electron chi connectivity index (χ1n) is 11.5. The van der Waals surface area contributed by atoms with Crippen molar-refractivity contribution >= 4 is 10.4 Å². The highest BCUT2D eigenvalue weighted by Crippen LogP contribution is 2.11. The Balaban J connectivity index is 0.000000314. The molecule has 0 N–H and O–H groups in total. The standard InChI is InChI=1S/C13H14N.C12H26O4S/c1-12(13-8-4-2-5-9-13)14-10-6-3-7-11-14;1-2-3-4-5-6-7-8-9-10-11-12-16-17(13,14)15/h2-12H,1H3;2-12H2,1H3,(H,13,14,15)/q+1;/p-1. The predicted octanol–water partition coefficient (Wildman–Crippen LogP) is 5.97. The van der Waals surface area contributed by atoms with Gasteiger partial charge in [0, 0.05) is 24.6 Å². The summed E-state index contributed by atoms with van der Waals surface area (Å²) in [5.74, 6) is 0. The Morgan fingerprint density at radius 1 is 0.806 bits per heavy atom. The molecule has 0 spiro atoms. The molecule has 0 radical (unpaired) electrons. The van der Waals surface area contributed by atoms with Gasteiger partial charge in [-0.3, -0.25) is 4.18 Å². The minimum absolute atomic E-state index is 0.0301. The van der Waals surface area contributed by atoms with Gasteiger partial charge in [-0.2, -0.15) is 4.57 Å². The largest absolute Gasteiger partial charge is 0.726 e. The molecule has 174 valence electrons. The second-order valence-electron chi connectivity index (χ2n) is 7.82. The highest BCUT2D eigenvalue weighted by atomic mass is 32.3. The van der Waals surface area contributed by atoms with Gasteiger partial charge in [0.1, 0.15) is 0 Å².